The number of carbonyl (C=O) groups is 1. The molecule has 0 atom stereocenters. The highest BCUT2D eigenvalue weighted by molar-refractivity contribution is 7.90. The summed E-state index contributed by atoms with van der Waals surface area (Å²) in [6.07, 6.45) is 4.07. The fourth-order valence-electron chi connectivity index (χ4n) is 2.23. The van der Waals surface area contributed by atoms with Crippen LogP contribution in [0.3, 0.4) is 0 Å². The third-order valence-electron chi connectivity index (χ3n) is 3.61. The number of sulfone groups is 1. The summed E-state index contributed by atoms with van der Waals surface area (Å²) < 4.78 is 35.9. The van der Waals surface area contributed by atoms with Gasteiger partial charge in [0, 0.05) is 23.3 Å². The van der Waals surface area contributed by atoms with Gasteiger partial charge < -0.3 is 0 Å². The van der Waals surface area contributed by atoms with Crippen LogP contribution in [0.5, 0.6) is 0 Å². The van der Waals surface area contributed by atoms with Crippen molar-refractivity contribution in [3.8, 4) is 11.3 Å². The highest BCUT2D eigenvalue weighted by atomic mass is 32.2. The average molecular weight is 402 g/mol. The molecule has 5 nitrogen and oxygen atoms in total. The fourth-order valence-corrected chi connectivity index (χ4v) is 3.58. The molecule has 1 aromatic heterocycles. The van der Waals surface area contributed by atoms with Crippen LogP contribution in [0.1, 0.15) is 5.56 Å². The van der Waals surface area contributed by atoms with E-state index in [1.165, 1.54) is 41.7 Å². The number of nitrogens with one attached hydrogen (secondary N) is 1. The third-order valence-corrected chi connectivity index (χ3v) is 5.50. The van der Waals surface area contributed by atoms with E-state index in [-0.39, 0.29) is 16.6 Å². The maximum atomic E-state index is 12.9. The van der Waals surface area contributed by atoms with Crippen molar-refractivity contribution in [2.24, 2.45) is 0 Å². The van der Waals surface area contributed by atoms with E-state index in [0.717, 1.165) is 11.8 Å². The van der Waals surface area contributed by atoms with Gasteiger partial charge in [0.05, 0.1) is 10.6 Å². The zero-order valence-corrected chi connectivity index (χ0v) is 15.9. The predicted octanol–water partition coefficient (Wildman–Crippen LogP) is 4.00. The number of rotatable bonds is 5. The monoisotopic (exact) mass is 402 g/mol. The molecule has 2 aromatic carbocycles. The van der Waals surface area contributed by atoms with Crippen LogP contribution in [0.15, 0.2) is 64.9 Å². The molecule has 0 saturated carbocycles. The molecule has 0 unspecified atom stereocenters. The summed E-state index contributed by atoms with van der Waals surface area (Å²) in [5.74, 6) is -0.691. The maximum absolute atomic E-state index is 12.9. The number of aromatic nitrogens is 1. The van der Waals surface area contributed by atoms with Crippen LogP contribution in [0.4, 0.5) is 9.52 Å². The number of carbonyl (C=O) groups excluding carboxylic acids is 1. The van der Waals surface area contributed by atoms with Crippen LogP contribution in [0, 0.1) is 5.82 Å². The Balaban J connectivity index is 1.67. The molecule has 27 heavy (non-hydrogen) atoms. The number of nitrogens with zero attached hydrogens (tertiary/aromatic N) is 1. The Morgan fingerprint density at radius 1 is 1.11 bits per heavy atom. The SMILES string of the molecule is CS(=O)(=O)c1ccc(-c2csc(NC(=O)/C=C/c3ccc(F)cc3)n2)cc1. The number of thiazole rings is 1. The molecule has 3 rings (SSSR count). The Hall–Kier alpha value is -2.84. The van der Waals surface area contributed by atoms with Gasteiger partial charge in [-0.1, -0.05) is 24.3 Å². The van der Waals surface area contributed by atoms with E-state index in [0.29, 0.717) is 16.4 Å². The molecule has 0 aliphatic heterocycles. The summed E-state index contributed by atoms with van der Waals surface area (Å²) >= 11 is 1.26. The standard InChI is InChI=1S/C19H15FN2O3S2/c1-27(24,25)16-9-5-14(6-10-16)17-12-26-19(21-17)22-18(23)11-4-13-2-7-15(20)8-3-13/h2-12H,1H3,(H,21,22,23)/b11-4+. The Bertz CT molecular complexity index is 1090. The molecular weight excluding hydrogens is 387 g/mol. The van der Waals surface area contributed by atoms with Crippen molar-refractivity contribution in [3.63, 3.8) is 0 Å². The lowest BCUT2D eigenvalue weighted by molar-refractivity contribution is -0.111. The first kappa shape index (κ1) is 18.9. The molecule has 0 fully saturated rings. The molecule has 0 aliphatic carbocycles. The molecule has 0 aliphatic rings. The smallest absolute Gasteiger partial charge is 0.250 e. The molecule has 1 amide bonds. The van der Waals surface area contributed by atoms with Gasteiger partial charge in [-0.3, -0.25) is 10.1 Å². The molecule has 0 bridgehead atoms. The normalized spacial score (nSPS) is 11.6. The van der Waals surface area contributed by atoms with Crippen molar-refractivity contribution in [1.82, 2.24) is 4.98 Å². The van der Waals surface area contributed by atoms with Crippen molar-refractivity contribution in [2.75, 3.05) is 11.6 Å². The van der Waals surface area contributed by atoms with Crippen LogP contribution in [0.2, 0.25) is 0 Å². The van der Waals surface area contributed by atoms with Gasteiger partial charge in [0.25, 0.3) is 0 Å². The van der Waals surface area contributed by atoms with Crippen LogP contribution in [0.25, 0.3) is 17.3 Å². The van der Waals surface area contributed by atoms with Crippen molar-refractivity contribution >= 4 is 38.3 Å². The second kappa shape index (κ2) is 7.81. The molecule has 8 heteroatoms. The van der Waals surface area contributed by atoms with E-state index in [2.05, 4.69) is 10.3 Å². The first-order valence-electron chi connectivity index (χ1n) is 7.82. The second-order valence-electron chi connectivity index (χ2n) is 5.71. The third kappa shape index (κ3) is 5.08. The van der Waals surface area contributed by atoms with Gasteiger partial charge >= 0.3 is 0 Å². The maximum Gasteiger partial charge on any atom is 0.250 e. The quantitative estimate of drug-likeness (QED) is 0.655. The largest absolute Gasteiger partial charge is 0.298 e. The lowest BCUT2D eigenvalue weighted by Crippen LogP contribution is -2.07. The van der Waals surface area contributed by atoms with Crippen molar-refractivity contribution in [2.45, 2.75) is 4.90 Å². The fraction of sp³-hybridized carbons (Fsp3) is 0.0526. The van der Waals surface area contributed by atoms with Crippen LogP contribution in [-0.4, -0.2) is 25.6 Å². The van der Waals surface area contributed by atoms with Crippen LogP contribution < -0.4 is 5.32 Å². The molecule has 0 saturated heterocycles. The van der Waals surface area contributed by atoms with Gasteiger partial charge in [-0.15, -0.1) is 11.3 Å². The second-order valence-corrected chi connectivity index (χ2v) is 8.58. The highest BCUT2D eigenvalue weighted by Crippen LogP contribution is 2.26. The van der Waals surface area contributed by atoms with Gasteiger partial charge in [0.2, 0.25) is 5.91 Å². The summed E-state index contributed by atoms with van der Waals surface area (Å²) in [6.45, 7) is 0. The van der Waals surface area contributed by atoms with Gasteiger partial charge in [0.1, 0.15) is 5.82 Å². The molecule has 0 spiro atoms. The lowest BCUT2D eigenvalue weighted by Gasteiger charge is -2.00. The molecule has 1 heterocycles. The highest BCUT2D eigenvalue weighted by Gasteiger charge is 2.09. The van der Waals surface area contributed by atoms with Gasteiger partial charge in [0.15, 0.2) is 15.0 Å². The zero-order valence-electron chi connectivity index (χ0n) is 14.2. The number of hydrogen-bond acceptors (Lipinski definition) is 5. The number of hydrogen-bond donors (Lipinski definition) is 1. The summed E-state index contributed by atoms with van der Waals surface area (Å²) in [4.78, 5) is 16.6. The van der Waals surface area contributed by atoms with Gasteiger partial charge in [-0.2, -0.15) is 0 Å². The summed E-state index contributed by atoms with van der Waals surface area (Å²) in [6, 6.07) is 12.2. The number of amides is 1. The van der Waals surface area contributed by atoms with Gasteiger partial charge in [-0.25, -0.2) is 17.8 Å². The summed E-state index contributed by atoms with van der Waals surface area (Å²) in [5, 5.41) is 4.86. The van der Waals surface area contributed by atoms with E-state index in [1.54, 1.807) is 35.7 Å². The van der Waals surface area contributed by atoms with Crippen molar-refractivity contribution in [3.05, 3.63) is 71.4 Å². The van der Waals surface area contributed by atoms with Crippen LogP contribution >= 0.6 is 11.3 Å². The molecule has 0 radical (unpaired) electrons. The first-order chi connectivity index (χ1) is 12.8. The molecule has 3 aromatic rings. The summed E-state index contributed by atoms with van der Waals surface area (Å²) in [5.41, 5.74) is 2.09. The predicted molar refractivity (Wildman–Crippen MR) is 105 cm³/mol. The van der Waals surface area contributed by atoms with Crippen molar-refractivity contribution in [1.29, 1.82) is 0 Å². The molecular formula is C19H15FN2O3S2. The topological polar surface area (TPSA) is 76.1 Å². The minimum Gasteiger partial charge on any atom is -0.298 e. The Morgan fingerprint density at radius 3 is 2.41 bits per heavy atom. The lowest BCUT2D eigenvalue weighted by atomic mass is 10.2. The zero-order chi connectivity index (χ0) is 19.4. The van der Waals surface area contributed by atoms with E-state index < -0.39 is 9.84 Å². The van der Waals surface area contributed by atoms with Gasteiger partial charge in [-0.05, 0) is 35.9 Å². The molecule has 1 N–H and O–H groups in total. The number of benzene rings is 2. The van der Waals surface area contributed by atoms with Crippen molar-refractivity contribution < 1.29 is 17.6 Å². The van der Waals surface area contributed by atoms with E-state index in [9.17, 15) is 17.6 Å². The van der Waals surface area contributed by atoms with E-state index >= 15 is 0 Å². The van der Waals surface area contributed by atoms with Crippen LogP contribution in [-0.2, 0) is 14.6 Å². The Morgan fingerprint density at radius 2 is 1.78 bits per heavy atom. The average Bonchev–Trinajstić information content (AvgIpc) is 3.09. The number of halogens is 1. The minimum absolute atomic E-state index is 0.237. The van der Waals surface area contributed by atoms with E-state index in [1.807, 2.05) is 0 Å². The Kier molecular flexibility index (Phi) is 5.48. The number of anilines is 1. The Labute approximate surface area is 160 Å². The van der Waals surface area contributed by atoms with E-state index in [4.69, 9.17) is 0 Å². The summed E-state index contributed by atoms with van der Waals surface area (Å²) in [7, 11) is -3.25. The first-order valence-corrected chi connectivity index (χ1v) is 10.6. The minimum atomic E-state index is -3.25. The molecule has 138 valence electrons.